The van der Waals surface area contributed by atoms with Gasteiger partial charge in [-0.1, -0.05) is 13.8 Å². The molecule has 1 rings (SSSR count). The highest BCUT2D eigenvalue weighted by Gasteiger charge is 2.22. The molecular weight excluding hydrogens is 244 g/mol. The first-order chi connectivity index (χ1) is 9.02. The highest BCUT2D eigenvalue weighted by atomic mass is 16.5. The van der Waals surface area contributed by atoms with E-state index in [4.69, 9.17) is 4.74 Å². The predicted molar refractivity (Wildman–Crippen MR) is 74.0 cm³/mol. The van der Waals surface area contributed by atoms with E-state index in [-0.39, 0.29) is 11.7 Å². The van der Waals surface area contributed by atoms with Crippen LogP contribution in [0.3, 0.4) is 0 Å². The quantitative estimate of drug-likeness (QED) is 0.686. The van der Waals surface area contributed by atoms with Crippen LogP contribution in [0.15, 0.2) is 0 Å². The second-order valence-corrected chi connectivity index (χ2v) is 5.54. The van der Waals surface area contributed by atoms with Gasteiger partial charge in [0.05, 0.1) is 13.2 Å². The van der Waals surface area contributed by atoms with Gasteiger partial charge in [-0.2, -0.15) is 0 Å². The highest BCUT2D eigenvalue weighted by molar-refractivity contribution is 5.84. The SMILES string of the molecule is COCCN(CC(=O)N1CCC(=O)CC1)CC(C)C. The number of likely N-dealkylation sites (tertiary alicyclic amines) is 1. The number of carbonyl (C=O) groups excluding carboxylic acids is 2. The van der Waals surface area contributed by atoms with Gasteiger partial charge in [-0.25, -0.2) is 0 Å². The monoisotopic (exact) mass is 270 g/mol. The van der Waals surface area contributed by atoms with Gasteiger partial charge in [0.15, 0.2) is 0 Å². The fourth-order valence-corrected chi connectivity index (χ4v) is 2.27. The van der Waals surface area contributed by atoms with Crippen molar-refractivity contribution in [3.63, 3.8) is 0 Å². The summed E-state index contributed by atoms with van der Waals surface area (Å²) in [6.07, 6.45) is 1.02. The first kappa shape index (κ1) is 16.1. The second-order valence-electron chi connectivity index (χ2n) is 5.54. The Labute approximate surface area is 115 Å². The molecule has 1 aliphatic rings. The molecule has 0 aliphatic carbocycles. The lowest BCUT2D eigenvalue weighted by Crippen LogP contribution is -2.45. The third kappa shape index (κ3) is 6.16. The van der Waals surface area contributed by atoms with Gasteiger partial charge in [0.1, 0.15) is 5.78 Å². The topological polar surface area (TPSA) is 49.9 Å². The number of piperidine rings is 1. The molecule has 0 unspecified atom stereocenters. The fourth-order valence-electron chi connectivity index (χ4n) is 2.27. The largest absolute Gasteiger partial charge is 0.383 e. The number of hydrogen-bond acceptors (Lipinski definition) is 4. The Morgan fingerprint density at radius 1 is 1.37 bits per heavy atom. The zero-order valence-electron chi connectivity index (χ0n) is 12.4. The molecule has 0 aromatic rings. The summed E-state index contributed by atoms with van der Waals surface area (Å²) in [4.78, 5) is 27.3. The van der Waals surface area contributed by atoms with Crippen molar-refractivity contribution >= 4 is 11.7 Å². The summed E-state index contributed by atoms with van der Waals surface area (Å²) in [5.41, 5.74) is 0. The molecule has 1 fully saturated rings. The van der Waals surface area contributed by atoms with Crippen molar-refractivity contribution in [1.29, 1.82) is 0 Å². The maximum atomic E-state index is 12.2. The summed E-state index contributed by atoms with van der Waals surface area (Å²) in [5, 5.41) is 0. The van der Waals surface area contributed by atoms with Crippen molar-refractivity contribution < 1.29 is 14.3 Å². The minimum absolute atomic E-state index is 0.129. The number of amides is 1. The molecule has 110 valence electrons. The maximum absolute atomic E-state index is 12.2. The van der Waals surface area contributed by atoms with Crippen LogP contribution < -0.4 is 0 Å². The molecule has 5 heteroatoms. The summed E-state index contributed by atoms with van der Waals surface area (Å²) >= 11 is 0. The van der Waals surface area contributed by atoms with Crippen molar-refractivity contribution in [3.8, 4) is 0 Å². The number of ether oxygens (including phenoxy) is 1. The average molecular weight is 270 g/mol. The number of ketones is 1. The number of carbonyl (C=O) groups is 2. The molecule has 0 atom stereocenters. The zero-order chi connectivity index (χ0) is 14.3. The molecule has 0 N–H and O–H groups in total. The molecule has 0 bridgehead atoms. The Balaban J connectivity index is 2.42. The third-order valence-corrected chi connectivity index (χ3v) is 3.27. The summed E-state index contributed by atoms with van der Waals surface area (Å²) in [7, 11) is 1.67. The van der Waals surface area contributed by atoms with Crippen LogP contribution in [0.1, 0.15) is 26.7 Å². The molecule has 1 aliphatic heterocycles. The molecule has 1 amide bonds. The van der Waals surface area contributed by atoms with Crippen LogP contribution in [0.2, 0.25) is 0 Å². The van der Waals surface area contributed by atoms with E-state index in [1.165, 1.54) is 0 Å². The Hall–Kier alpha value is -0.940. The number of Topliss-reactive ketones (excluding diaryl/α,β-unsaturated/α-hetero) is 1. The van der Waals surface area contributed by atoms with Gasteiger partial charge >= 0.3 is 0 Å². The first-order valence-electron chi connectivity index (χ1n) is 7.03. The Kier molecular flexibility index (Phi) is 7.02. The van der Waals surface area contributed by atoms with Crippen molar-refractivity contribution in [2.75, 3.05) is 46.4 Å². The molecule has 0 aromatic heterocycles. The minimum Gasteiger partial charge on any atom is -0.383 e. The van der Waals surface area contributed by atoms with Gasteiger partial charge in [-0.15, -0.1) is 0 Å². The zero-order valence-corrected chi connectivity index (χ0v) is 12.4. The Bertz CT molecular complexity index is 295. The standard InChI is InChI=1S/C14H26N2O3/c1-12(2)10-15(8-9-19-3)11-14(18)16-6-4-13(17)5-7-16/h12H,4-11H2,1-3H3. The van der Waals surface area contributed by atoms with Crippen molar-refractivity contribution in [3.05, 3.63) is 0 Å². The lowest BCUT2D eigenvalue weighted by atomic mass is 10.1. The lowest BCUT2D eigenvalue weighted by molar-refractivity contribution is -0.135. The van der Waals surface area contributed by atoms with Crippen LogP contribution in [0.4, 0.5) is 0 Å². The van der Waals surface area contributed by atoms with E-state index in [1.807, 2.05) is 4.90 Å². The van der Waals surface area contributed by atoms with E-state index in [1.54, 1.807) is 7.11 Å². The highest BCUT2D eigenvalue weighted by Crippen LogP contribution is 2.07. The predicted octanol–water partition coefficient (Wildman–Crippen LogP) is 0.782. The first-order valence-corrected chi connectivity index (χ1v) is 7.03. The molecule has 0 spiro atoms. The van der Waals surface area contributed by atoms with Gasteiger partial charge in [0, 0.05) is 46.1 Å². The second kappa shape index (κ2) is 8.27. The fraction of sp³-hybridized carbons (Fsp3) is 0.857. The van der Waals surface area contributed by atoms with Crippen LogP contribution in [0.25, 0.3) is 0 Å². The summed E-state index contributed by atoms with van der Waals surface area (Å²) in [6, 6.07) is 0. The van der Waals surface area contributed by atoms with Gasteiger partial charge in [-0.3, -0.25) is 14.5 Å². The van der Waals surface area contributed by atoms with Crippen molar-refractivity contribution in [2.45, 2.75) is 26.7 Å². The lowest BCUT2D eigenvalue weighted by Gasteiger charge is -2.30. The third-order valence-electron chi connectivity index (χ3n) is 3.27. The number of rotatable bonds is 7. The smallest absolute Gasteiger partial charge is 0.236 e. The van der Waals surface area contributed by atoms with E-state index in [9.17, 15) is 9.59 Å². The number of nitrogens with zero attached hydrogens (tertiary/aromatic N) is 2. The van der Waals surface area contributed by atoms with Gasteiger partial charge in [0.25, 0.3) is 0 Å². The number of hydrogen-bond donors (Lipinski definition) is 0. The molecule has 1 saturated heterocycles. The number of methoxy groups -OCH3 is 1. The molecule has 0 aromatic carbocycles. The molecule has 0 saturated carbocycles. The summed E-state index contributed by atoms with van der Waals surface area (Å²) < 4.78 is 5.08. The molecule has 19 heavy (non-hydrogen) atoms. The van der Waals surface area contributed by atoms with E-state index in [2.05, 4.69) is 18.7 Å². The van der Waals surface area contributed by atoms with Gasteiger partial charge in [-0.05, 0) is 5.92 Å². The summed E-state index contributed by atoms with van der Waals surface area (Å²) in [6.45, 7) is 8.17. The van der Waals surface area contributed by atoms with Crippen LogP contribution in [0, 0.1) is 5.92 Å². The maximum Gasteiger partial charge on any atom is 0.236 e. The van der Waals surface area contributed by atoms with Crippen LogP contribution in [-0.2, 0) is 14.3 Å². The average Bonchev–Trinajstić information content (AvgIpc) is 2.36. The van der Waals surface area contributed by atoms with Crippen LogP contribution >= 0.6 is 0 Å². The normalized spacial score (nSPS) is 16.5. The van der Waals surface area contributed by atoms with E-state index in [0.29, 0.717) is 45.0 Å². The van der Waals surface area contributed by atoms with Gasteiger partial charge < -0.3 is 9.64 Å². The Morgan fingerprint density at radius 3 is 2.53 bits per heavy atom. The summed E-state index contributed by atoms with van der Waals surface area (Å²) in [5.74, 6) is 0.916. The van der Waals surface area contributed by atoms with Crippen molar-refractivity contribution in [2.24, 2.45) is 5.92 Å². The van der Waals surface area contributed by atoms with Crippen LogP contribution in [-0.4, -0.2) is 67.9 Å². The van der Waals surface area contributed by atoms with E-state index < -0.39 is 0 Å². The Morgan fingerprint density at radius 2 is 2.00 bits per heavy atom. The molecule has 1 heterocycles. The van der Waals surface area contributed by atoms with E-state index in [0.717, 1.165) is 13.1 Å². The van der Waals surface area contributed by atoms with Gasteiger partial charge in [0.2, 0.25) is 5.91 Å². The molecular formula is C14H26N2O3. The van der Waals surface area contributed by atoms with Crippen LogP contribution in [0.5, 0.6) is 0 Å². The molecule has 0 radical (unpaired) electrons. The van der Waals surface area contributed by atoms with Crippen molar-refractivity contribution in [1.82, 2.24) is 9.80 Å². The van der Waals surface area contributed by atoms with E-state index >= 15 is 0 Å². The minimum atomic E-state index is 0.129. The molecule has 5 nitrogen and oxygen atoms in total.